The normalized spacial score (nSPS) is 10.1. The van der Waals surface area contributed by atoms with Crippen LogP contribution in [0.25, 0.3) is 0 Å². The number of carbonyl (C=O) groups excluding carboxylic acids is 1. The van der Waals surface area contributed by atoms with E-state index in [9.17, 15) is 9.18 Å². The number of anilines is 3. The molecule has 0 bridgehead atoms. The highest BCUT2D eigenvalue weighted by Gasteiger charge is 2.11. The lowest BCUT2D eigenvalue weighted by atomic mass is 10.1. The van der Waals surface area contributed by atoms with Crippen LogP contribution in [0.5, 0.6) is 0 Å². The fourth-order valence-electron chi connectivity index (χ4n) is 1.57. The number of para-hydroxylation sites is 1. The van der Waals surface area contributed by atoms with Gasteiger partial charge in [-0.25, -0.2) is 4.39 Å². The van der Waals surface area contributed by atoms with E-state index in [0.29, 0.717) is 5.69 Å². The minimum Gasteiger partial charge on any atom is -0.398 e. The molecule has 5 heteroatoms. The van der Waals surface area contributed by atoms with E-state index >= 15 is 0 Å². The number of primary amides is 1. The Kier molecular flexibility index (Phi) is 3.14. The molecule has 0 aliphatic heterocycles. The van der Waals surface area contributed by atoms with Crippen molar-refractivity contribution in [2.45, 2.75) is 0 Å². The van der Waals surface area contributed by atoms with E-state index in [0.717, 1.165) is 6.07 Å². The number of nitrogens with two attached hydrogens (primary N) is 2. The van der Waals surface area contributed by atoms with Gasteiger partial charge in [-0.05, 0) is 24.3 Å². The van der Waals surface area contributed by atoms with Crippen molar-refractivity contribution in [1.82, 2.24) is 0 Å². The maximum Gasteiger partial charge on any atom is 0.250 e. The predicted molar refractivity (Wildman–Crippen MR) is 69.1 cm³/mol. The summed E-state index contributed by atoms with van der Waals surface area (Å²) in [7, 11) is 0. The molecule has 18 heavy (non-hydrogen) atoms. The van der Waals surface area contributed by atoms with Gasteiger partial charge >= 0.3 is 0 Å². The summed E-state index contributed by atoms with van der Waals surface area (Å²) >= 11 is 0. The van der Waals surface area contributed by atoms with Crippen LogP contribution < -0.4 is 16.8 Å². The van der Waals surface area contributed by atoms with Gasteiger partial charge < -0.3 is 16.8 Å². The Labute approximate surface area is 103 Å². The summed E-state index contributed by atoms with van der Waals surface area (Å²) in [5.74, 6) is -1.23. The molecule has 4 nitrogen and oxygen atoms in total. The monoisotopic (exact) mass is 245 g/mol. The molecule has 0 saturated heterocycles. The Morgan fingerprint density at radius 2 is 1.83 bits per heavy atom. The largest absolute Gasteiger partial charge is 0.398 e. The molecule has 0 spiro atoms. The number of hydrogen-bond acceptors (Lipinski definition) is 3. The first kappa shape index (κ1) is 11.9. The van der Waals surface area contributed by atoms with Gasteiger partial charge in [0.05, 0.1) is 11.3 Å². The van der Waals surface area contributed by atoms with Crippen LogP contribution in [-0.4, -0.2) is 5.91 Å². The first-order valence-electron chi connectivity index (χ1n) is 5.29. The molecule has 0 heterocycles. The van der Waals surface area contributed by atoms with E-state index in [1.807, 2.05) is 18.2 Å². The van der Waals surface area contributed by atoms with Gasteiger partial charge in [-0.2, -0.15) is 0 Å². The highest BCUT2D eigenvalue weighted by molar-refractivity contribution is 5.99. The Morgan fingerprint density at radius 1 is 1.17 bits per heavy atom. The number of halogens is 1. The van der Waals surface area contributed by atoms with E-state index < -0.39 is 11.7 Å². The van der Waals surface area contributed by atoms with Crippen molar-refractivity contribution in [3.05, 3.63) is 53.8 Å². The molecule has 0 atom stereocenters. The summed E-state index contributed by atoms with van der Waals surface area (Å²) in [5.41, 5.74) is 11.7. The standard InChI is InChI=1S/C13H12FN3O/c14-10-7-11(15)9(13(16)18)6-12(10)17-8-4-2-1-3-5-8/h1-7,17H,15H2,(H2,16,18). The van der Waals surface area contributed by atoms with Crippen LogP contribution >= 0.6 is 0 Å². The average Bonchev–Trinajstić information content (AvgIpc) is 2.33. The number of hydrogen-bond donors (Lipinski definition) is 3. The fourth-order valence-corrected chi connectivity index (χ4v) is 1.57. The zero-order chi connectivity index (χ0) is 13.1. The minimum atomic E-state index is -0.691. The maximum absolute atomic E-state index is 13.7. The number of nitrogens with one attached hydrogen (secondary N) is 1. The van der Waals surface area contributed by atoms with Gasteiger partial charge in [0.25, 0.3) is 5.91 Å². The first-order chi connectivity index (χ1) is 8.58. The van der Waals surface area contributed by atoms with Crippen LogP contribution in [0.15, 0.2) is 42.5 Å². The Morgan fingerprint density at radius 3 is 2.44 bits per heavy atom. The fraction of sp³-hybridized carbons (Fsp3) is 0. The van der Waals surface area contributed by atoms with E-state index in [-0.39, 0.29) is 16.9 Å². The molecule has 0 aliphatic rings. The zero-order valence-electron chi connectivity index (χ0n) is 9.48. The van der Waals surface area contributed by atoms with Crippen molar-refractivity contribution in [2.24, 2.45) is 5.73 Å². The average molecular weight is 245 g/mol. The van der Waals surface area contributed by atoms with Crippen LogP contribution in [0.1, 0.15) is 10.4 Å². The molecule has 0 unspecified atom stereocenters. The number of carbonyl (C=O) groups is 1. The highest BCUT2D eigenvalue weighted by atomic mass is 19.1. The molecule has 0 aliphatic carbocycles. The third-order valence-corrected chi connectivity index (χ3v) is 2.46. The molecule has 0 radical (unpaired) electrons. The van der Waals surface area contributed by atoms with Crippen molar-refractivity contribution in [3.8, 4) is 0 Å². The molecule has 1 amide bonds. The lowest BCUT2D eigenvalue weighted by molar-refractivity contribution is 0.100. The van der Waals surface area contributed by atoms with Gasteiger partial charge in [0, 0.05) is 11.4 Å². The van der Waals surface area contributed by atoms with Crippen LogP contribution in [-0.2, 0) is 0 Å². The predicted octanol–water partition coefficient (Wildman–Crippen LogP) is 2.25. The number of benzene rings is 2. The molecule has 5 N–H and O–H groups in total. The van der Waals surface area contributed by atoms with E-state index in [1.165, 1.54) is 6.07 Å². The lowest BCUT2D eigenvalue weighted by Crippen LogP contribution is -2.14. The smallest absolute Gasteiger partial charge is 0.250 e. The minimum absolute atomic E-state index is 0.0265. The quantitative estimate of drug-likeness (QED) is 0.725. The second kappa shape index (κ2) is 4.75. The van der Waals surface area contributed by atoms with Crippen LogP contribution in [0, 0.1) is 5.82 Å². The molecule has 0 saturated carbocycles. The first-order valence-corrected chi connectivity index (χ1v) is 5.29. The van der Waals surface area contributed by atoms with Crippen LogP contribution in [0.4, 0.5) is 21.5 Å². The Bertz CT molecular complexity index is 584. The van der Waals surface area contributed by atoms with Crippen LogP contribution in [0.3, 0.4) is 0 Å². The molecular formula is C13H12FN3O. The molecule has 2 aromatic rings. The number of amides is 1. The maximum atomic E-state index is 13.7. The second-order valence-electron chi connectivity index (χ2n) is 3.77. The third-order valence-electron chi connectivity index (χ3n) is 2.46. The van der Waals surface area contributed by atoms with Crippen molar-refractivity contribution < 1.29 is 9.18 Å². The third kappa shape index (κ3) is 2.40. The van der Waals surface area contributed by atoms with E-state index in [2.05, 4.69) is 5.32 Å². The topological polar surface area (TPSA) is 81.1 Å². The highest BCUT2D eigenvalue weighted by Crippen LogP contribution is 2.24. The van der Waals surface area contributed by atoms with Crippen molar-refractivity contribution >= 4 is 23.0 Å². The van der Waals surface area contributed by atoms with Gasteiger partial charge in [-0.3, -0.25) is 4.79 Å². The SMILES string of the molecule is NC(=O)c1cc(Nc2ccccc2)c(F)cc1N. The van der Waals surface area contributed by atoms with Gasteiger partial charge in [0.15, 0.2) is 0 Å². The molecule has 0 aromatic heterocycles. The summed E-state index contributed by atoms with van der Waals surface area (Å²) in [6, 6.07) is 11.4. The number of rotatable bonds is 3. The van der Waals surface area contributed by atoms with Crippen LogP contribution in [0.2, 0.25) is 0 Å². The van der Waals surface area contributed by atoms with Gasteiger partial charge in [-0.15, -0.1) is 0 Å². The summed E-state index contributed by atoms with van der Waals surface area (Å²) < 4.78 is 13.7. The summed E-state index contributed by atoms with van der Waals surface area (Å²) in [6.07, 6.45) is 0. The van der Waals surface area contributed by atoms with Gasteiger partial charge in [0.2, 0.25) is 0 Å². The molecule has 2 rings (SSSR count). The summed E-state index contributed by atoms with van der Waals surface area (Å²) in [4.78, 5) is 11.1. The molecule has 2 aromatic carbocycles. The summed E-state index contributed by atoms with van der Waals surface area (Å²) in [6.45, 7) is 0. The summed E-state index contributed by atoms with van der Waals surface area (Å²) in [5, 5.41) is 2.86. The number of nitrogen functional groups attached to an aromatic ring is 1. The molecule has 92 valence electrons. The molecule has 0 fully saturated rings. The second-order valence-corrected chi connectivity index (χ2v) is 3.77. The molecular weight excluding hydrogens is 233 g/mol. The lowest BCUT2D eigenvalue weighted by Gasteiger charge is -2.10. The van der Waals surface area contributed by atoms with Crippen molar-refractivity contribution in [1.29, 1.82) is 0 Å². The zero-order valence-corrected chi connectivity index (χ0v) is 9.48. The van der Waals surface area contributed by atoms with Gasteiger partial charge in [0.1, 0.15) is 5.82 Å². The Balaban J connectivity index is 2.39. The van der Waals surface area contributed by atoms with E-state index in [4.69, 9.17) is 11.5 Å². The van der Waals surface area contributed by atoms with Crippen molar-refractivity contribution in [3.63, 3.8) is 0 Å². The van der Waals surface area contributed by atoms with E-state index in [1.54, 1.807) is 12.1 Å². The Hall–Kier alpha value is -2.56. The van der Waals surface area contributed by atoms with Crippen molar-refractivity contribution in [2.75, 3.05) is 11.1 Å². The van der Waals surface area contributed by atoms with Gasteiger partial charge in [-0.1, -0.05) is 18.2 Å².